The van der Waals surface area contributed by atoms with Crippen LogP contribution in [-0.4, -0.2) is 38.2 Å². The predicted octanol–water partition coefficient (Wildman–Crippen LogP) is 3.37. The van der Waals surface area contributed by atoms with Gasteiger partial charge in [0.05, 0.1) is 11.1 Å². The Morgan fingerprint density at radius 3 is 2.69 bits per heavy atom. The van der Waals surface area contributed by atoms with Crippen LogP contribution >= 0.6 is 23.1 Å². The first-order valence-electron chi connectivity index (χ1n) is 9.42. The highest BCUT2D eigenvalue weighted by Crippen LogP contribution is 2.35. The molecule has 0 radical (unpaired) electrons. The molecular formula is C19H25N3O2S2. The lowest BCUT2D eigenvalue weighted by Gasteiger charge is -2.39. The molecule has 0 spiro atoms. The van der Waals surface area contributed by atoms with Crippen LogP contribution in [0.5, 0.6) is 0 Å². The van der Waals surface area contributed by atoms with Crippen LogP contribution in [0.15, 0.2) is 9.95 Å². The van der Waals surface area contributed by atoms with Gasteiger partial charge in [0.25, 0.3) is 5.56 Å². The predicted molar refractivity (Wildman–Crippen MR) is 107 cm³/mol. The van der Waals surface area contributed by atoms with E-state index < -0.39 is 0 Å². The number of hydrogen-bond donors (Lipinski definition) is 0. The number of thioether (sulfide) groups is 1. The first-order chi connectivity index (χ1) is 12.5. The molecule has 0 unspecified atom stereocenters. The second kappa shape index (κ2) is 7.00. The summed E-state index contributed by atoms with van der Waals surface area (Å²) in [5.41, 5.74) is 1.24. The van der Waals surface area contributed by atoms with Gasteiger partial charge in [0, 0.05) is 24.0 Å². The number of piperidine rings is 1. The number of likely N-dealkylation sites (tertiary alicyclic amines) is 1. The molecule has 1 amide bonds. The van der Waals surface area contributed by atoms with Gasteiger partial charge in [0.15, 0.2) is 5.16 Å². The highest BCUT2D eigenvalue weighted by Gasteiger charge is 2.29. The molecule has 5 nitrogen and oxygen atoms in total. The Kier molecular flexibility index (Phi) is 4.86. The molecule has 0 saturated carbocycles. The largest absolute Gasteiger partial charge is 0.337 e. The Balaban J connectivity index is 1.57. The van der Waals surface area contributed by atoms with Crippen molar-refractivity contribution in [3.8, 4) is 0 Å². The summed E-state index contributed by atoms with van der Waals surface area (Å²) in [4.78, 5) is 34.5. The molecule has 1 saturated heterocycles. The molecule has 7 heteroatoms. The summed E-state index contributed by atoms with van der Waals surface area (Å²) in [7, 11) is 1.77. The van der Waals surface area contributed by atoms with E-state index in [-0.39, 0.29) is 11.5 Å². The van der Waals surface area contributed by atoms with Crippen LogP contribution in [0.3, 0.4) is 0 Å². The van der Waals surface area contributed by atoms with E-state index in [1.807, 2.05) is 4.90 Å². The second-order valence-electron chi connectivity index (χ2n) is 7.51. The van der Waals surface area contributed by atoms with Crippen molar-refractivity contribution in [1.29, 1.82) is 0 Å². The maximum atomic E-state index is 12.8. The van der Waals surface area contributed by atoms with Crippen LogP contribution in [0.25, 0.3) is 10.2 Å². The maximum Gasteiger partial charge on any atom is 0.262 e. The molecule has 0 N–H and O–H groups in total. The number of aryl methyl sites for hydroxylation is 2. The number of rotatable bonds is 3. The van der Waals surface area contributed by atoms with Gasteiger partial charge < -0.3 is 4.90 Å². The molecule has 2 aromatic rings. The minimum absolute atomic E-state index is 0.0315. The van der Waals surface area contributed by atoms with Crippen molar-refractivity contribution in [3.05, 3.63) is 20.8 Å². The van der Waals surface area contributed by atoms with Crippen LogP contribution in [0.4, 0.5) is 0 Å². The summed E-state index contributed by atoms with van der Waals surface area (Å²) in [6, 6.07) is 0.595. The standard InChI is InChI=1S/C19H25N3O2S2/c1-11-6-4-7-12(2)22(11)15(23)10-25-19-20-17-16(18(24)21(19)3)13-8-5-9-14(13)26-17/h11-12H,4-10H2,1-3H3/t11-,12+. The minimum atomic E-state index is 0.0315. The molecule has 140 valence electrons. The van der Waals surface area contributed by atoms with E-state index >= 15 is 0 Å². The van der Waals surface area contributed by atoms with Crippen LogP contribution in [0.1, 0.15) is 50.0 Å². The Morgan fingerprint density at radius 2 is 1.96 bits per heavy atom. The Hall–Kier alpha value is -1.34. The van der Waals surface area contributed by atoms with Gasteiger partial charge in [0.2, 0.25) is 5.91 Å². The zero-order valence-electron chi connectivity index (χ0n) is 15.6. The lowest BCUT2D eigenvalue weighted by Crippen LogP contribution is -2.48. The molecule has 1 fully saturated rings. The molecule has 2 aromatic heterocycles. The van der Waals surface area contributed by atoms with Crippen LogP contribution in [0, 0.1) is 0 Å². The first kappa shape index (κ1) is 18.0. The summed E-state index contributed by atoms with van der Waals surface area (Å²) < 4.78 is 1.62. The first-order valence-corrected chi connectivity index (χ1v) is 11.2. The third kappa shape index (κ3) is 2.99. The van der Waals surface area contributed by atoms with Crippen molar-refractivity contribution in [3.63, 3.8) is 0 Å². The molecule has 0 bridgehead atoms. The molecular weight excluding hydrogens is 366 g/mol. The normalized spacial score (nSPS) is 22.8. The third-order valence-corrected chi connectivity index (χ3v) is 7.91. The number of carbonyl (C=O) groups excluding carboxylic acids is 1. The van der Waals surface area contributed by atoms with Gasteiger partial charge in [-0.05, 0) is 57.9 Å². The lowest BCUT2D eigenvalue weighted by molar-refractivity contribution is -0.134. The van der Waals surface area contributed by atoms with Crippen molar-refractivity contribution < 1.29 is 4.79 Å². The molecule has 0 aromatic carbocycles. The van der Waals surface area contributed by atoms with E-state index in [2.05, 4.69) is 13.8 Å². The van der Waals surface area contributed by atoms with Crippen LogP contribution in [-0.2, 0) is 24.7 Å². The van der Waals surface area contributed by atoms with Crippen LogP contribution < -0.4 is 5.56 Å². The molecule has 2 aliphatic rings. The average Bonchev–Trinajstić information content (AvgIpc) is 3.17. The number of nitrogens with zero attached hydrogens (tertiary/aromatic N) is 3. The topological polar surface area (TPSA) is 55.2 Å². The monoisotopic (exact) mass is 391 g/mol. The Bertz CT molecular complexity index is 908. The van der Waals surface area contributed by atoms with Crippen molar-refractivity contribution >= 4 is 39.2 Å². The van der Waals surface area contributed by atoms with Crippen LogP contribution in [0.2, 0.25) is 0 Å². The number of hydrogen-bond acceptors (Lipinski definition) is 5. The quantitative estimate of drug-likeness (QED) is 0.595. The Labute approximate surface area is 161 Å². The maximum absolute atomic E-state index is 12.8. The highest BCUT2D eigenvalue weighted by molar-refractivity contribution is 7.99. The molecule has 2 atom stereocenters. The zero-order valence-corrected chi connectivity index (χ0v) is 17.2. The SMILES string of the molecule is C[C@@H]1CCC[C@H](C)N1C(=O)CSc1nc2sc3c(c2c(=O)n1C)CCC3. The Morgan fingerprint density at radius 1 is 1.23 bits per heavy atom. The number of aromatic nitrogens is 2. The van der Waals surface area contributed by atoms with Crippen molar-refractivity contribution in [2.45, 2.75) is 69.6 Å². The highest BCUT2D eigenvalue weighted by atomic mass is 32.2. The van der Waals surface area contributed by atoms with E-state index in [9.17, 15) is 9.59 Å². The molecule has 4 rings (SSSR count). The van der Waals surface area contributed by atoms with E-state index in [1.165, 1.54) is 28.6 Å². The summed E-state index contributed by atoms with van der Waals surface area (Å²) in [5.74, 6) is 0.490. The van der Waals surface area contributed by atoms with E-state index in [4.69, 9.17) is 4.98 Å². The van der Waals surface area contributed by atoms with Gasteiger partial charge >= 0.3 is 0 Å². The summed E-state index contributed by atoms with van der Waals surface area (Å²) in [6.07, 6.45) is 6.52. The molecule has 1 aliphatic heterocycles. The number of fused-ring (bicyclic) bond motifs is 3. The summed E-state index contributed by atoms with van der Waals surface area (Å²) in [6.45, 7) is 4.26. The fraction of sp³-hybridized carbons (Fsp3) is 0.632. The van der Waals surface area contributed by atoms with E-state index in [0.29, 0.717) is 23.0 Å². The zero-order chi connectivity index (χ0) is 18.4. The van der Waals surface area contributed by atoms with Gasteiger partial charge in [-0.2, -0.15) is 0 Å². The molecule has 1 aliphatic carbocycles. The molecule has 26 heavy (non-hydrogen) atoms. The fourth-order valence-electron chi connectivity index (χ4n) is 4.35. The van der Waals surface area contributed by atoms with Gasteiger partial charge in [-0.15, -0.1) is 11.3 Å². The van der Waals surface area contributed by atoms with Gasteiger partial charge in [0.1, 0.15) is 4.83 Å². The van der Waals surface area contributed by atoms with E-state index in [1.54, 1.807) is 23.0 Å². The van der Waals surface area contributed by atoms with Crippen molar-refractivity contribution in [2.75, 3.05) is 5.75 Å². The second-order valence-corrected chi connectivity index (χ2v) is 9.54. The summed E-state index contributed by atoms with van der Waals surface area (Å²) in [5, 5.41) is 1.45. The minimum Gasteiger partial charge on any atom is -0.337 e. The van der Waals surface area contributed by atoms with Gasteiger partial charge in [-0.3, -0.25) is 14.2 Å². The number of thiophene rings is 1. The number of carbonyl (C=O) groups is 1. The lowest BCUT2D eigenvalue weighted by atomic mass is 9.98. The smallest absolute Gasteiger partial charge is 0.262 e. The van der Waals surface area contributed by atoms with Crippen molar-refractivity contribution in [2.24, 2.45) is 7.05 Å². The van der Waals surface area contributed by atoms with Gasteiger partial charge in [-0.25, -0.2) is 4.98 Å². The van der Waals surface area contributed by atoms with E-state index in [0.717, 1.165) is 42.3 Å². The fourth-order valence-corrected chi connectivity index (χ4v) is 6.49. The average molecular weight is 392 g/mol. The van der Waals surface area contributed by atoms with Crippen molar-refractivity contribution in [1.82, 2.24) is 14.5 Å². The third-order valence-electron chi connectivity index (χ3n) is 5.71. The van der Waals surface area contributed by atoms with Gasteiger partial charge in [-0.1, -0.05) is 11.8 Å². The number of amides is 1. The summed E-state index contributed by atoms with van der Waals surface area (Å²) >= 11 is 3.04. The molecule has 3 heterocycles.